The van der Waals surface area contributed by atoms with Crippen molar-refractivity contribution >= 4 is 23.5 Å². The van der Waals surface area contributed by atoms with Crippen molar-refractivity contribution in [1.29, 1.82) is 0 Å². The zero-order valence-electron chi connectivity index (χ0n) is 16.2. The van der Waals surface area contributed by atoms with E-state index in [-0.39, 0.29) is 6.09 Å². The van der Waals surface area contributed by atoms with Crippen LogP contribution in [0.3, 0.4) is 0 Å². The highest BCUT2D eigenvalue weighted by Crippen LogP contribution is 2.30. The fourth-order valence-electron chi connectivity index (χ4n) is 3.63. The summed E-state index contributed by atoms with van der Waals surface area (Å²) in [5.41, 5.74) is 1.83. The van der Waals surface area contributed by atoms with Gasteiger partial charge in [0.1, 0.15) is 11.4 Å². The molecule has 0 N–H and O–H groups in total. The van der Waals surface area contributed by atoms with Crippen LogP contribution < -0.4 is 4.90 Å². The smallest absolute Gasteiger partial charge is 0.410 e. The number of carbonyl (C=O) groups excluding carboxylic acids is 1. The maximum absolute atomic E-state index is 12.4. The van der Waals surface area contributed by atoms with Crippen LogP contribution in [-0.2, 0) is 17.6 Å². The molecule has 0 aromatic carbocycles. The molecule has 0 aliphatic carbocycles. The van der Waals surface area contributed by atoms with E-state index in [2.05, 4.69) is 11.0 Å². The van der Waals surface area contributed by atoms with Gasteiger partial charge in [0, 0.05) is 31.9 Å². The minimum atomic E-state index is -0.467. The Morgan fingerprint density at radius 3 is 2.50 bits per heavy atom. The lowest BCUT2D eigenvalue weighted by atomic mass is 10.0. The molecule has 26 heavy (non-hydrogen) atoms. The second kappa shape index (κ2) is 8.03. The van der Waals surface area contributed by atoms with Gasteiger partial charge in [-0.15, -0.1) is 0 Å². The van der Waals surface area contributed by atoms with Crippen LogP contribution in [-0.4, -0.2) is 47.8 Å². The molecule has 0 unspecified atom stereocenters. The van der Waals surface area contributed by atoms with Gasteiger partial charge in [0.2, 0.25) is 0 Å². The third-order valence-electron chi connectivity index (χ3n) is 4.93. The molecule has 144 valence electrons. The number of anilines is 1. The molecule has 1 saturated heterocycles. The lowest BCUT2D eigenvalue weighted by molar-refractivity contribution is 0.0247. The maximum Gasteiger partial charge on any atom is 0.410 e. The topological polar surface area (TPSA) is 45.7 Å². The van der Waals surface area contributed by atoms with E-state index < -0.39 is 5.60 Å². The second-order valence-electron chi connectivity index (χ2n) is 8.27. The minimum absolute atomic E-state index is 0.232. The number of hydrogen-bond acceptors (Lipinski definition) is 4. The summed E-state index contributed by atoms with van der Waals surface area (Å²) >= 11 is 6.57. The van der Waals surface area contributed by atoms with Gasteiger partial charge in [0.15, 0.2) is 0 Å². The van der Waals surface area contributed by atoms with Gasteiger partial charge in [-0.05, 0) is 70.9 Å². The van der Waals surface area contributed by atoms with Crippen molar-refractivity contribution in [3.8, 4) is 0 Å². The van der Waals surface area contributed by atoms with Gasteiger partial charge in [-0.1, -0.05) is 11.6 Å². The van der Waals surface area contributed by atoms with E-state index in [9.17, 15) is 4.79 Å². The quantitative estimate of drug-likeness (QED) is 0.723. The molecule has 1 aromatic rings. The molecule has 5 nitrogen and oxygen atoms in total. The lowest BCUT2D eigenvalue weighted by Gasteiger charge is -2.31. The third kappa shape index (κ3) is 4.81. The molecule has 3 heterocycles. The molecular weight excluding hydrogens is 350 g/mol. The Kier molecular flexibility index (Phi) is 5.96. The van der Waals surface area contributed by atoms with Crippen LogP contribution in [0, 0.1) is 0 Å². The van der Waals surface area contributed by atoms with E-state index in [4.69, 9.17) is 21.3 Å². The predicted molar refractivity (Wildman–Crippen MR) is 105 cm³/mol. The predicted octanol–water partition coefficient (Wildman–Crippen LogP) is 4.45. The summed E-state index contributed by atoms with van der Waals surface area (Å²) in [7, 11) is 0. The number of rotatable bonds is 1. The van der Waals surface area contributed by atoms with Crippen molar-refractivity contribution in [2.75, 3.05) is 31.1 Å². The fraction of sp³-hybridized carbons (Fsp3) is 0.700. The molecule has 0 saturated carbocycles. The Balaban J connectivity index is 1.73. The Bertz CT molecular complexity index is 651. The number of piperidine rings is 1. The van der Waals surface area contributed by atoms with Crippen molar-refractivity contribution in [1.82, 2.24) is 9.88 Å². The highest BCUT2D eigenvalue weighted by molar-refractivity contribution is 6.33. The van der Waals surface area contributed by atoms with Gasteiger partial charge in [0.05, 0.1) is 5.02 Å². The number of pyridine rings is 1. The molecule has 1 fully saturated rings. The van der Waals surface area contributed by atoms with Crippen LogP contribution in [0.4, 0.5) is 10.6 Å². The maximum atomic E-state index is 12.4. The Hall–Kier alpha value is -1.49. The van der Waals surface area contributed by atoms with E-state index in [1.807, 2.05) is 20.8 Å². The van der Waals surface area contributed by atoms with Crippen LogP contribution in [0.1, 0.15) is 57.7 Å². The molecule has 0 atom stereocenters. The van der Waals surface area contributed by atoms with E-state index in [1.165, 1.54) is 19.3 Å². The average molecular weight is 380 g/mol. The van der Waals surface area contributed by atoms with Crippen LogP contribution in [0.5, 0.6) is 0 Å². The molecule has 3 rings (SSSR count). The van der Waals surface area contributed by atoms with E-state index >= 15 is 0 Å². The van der Waals surface area contributed by atoms with Gasteiger partial charge in [0.25, 0.3) is 0 Å². The summed E-state index contributed by atoms with van der Waals surface area (Å²) in [6, 6.07) is 2.06. The lowest BCUT2D eigenvalue weighted by Crippen LogP contribution is -2.39. The summed E-state index contributed by atoms with van der Waals surface area (Å²) in [6.45, 7) is 9.12. The monoisotopic (exact) mass is 379 g/mol. The zero-order chi connectivity index (χ0) is 18.7. The molecule has 2 aliphatic rings. The van der Waals surface area contributed by atoms with Crippen molar-refractivity contribution < 1.29 is 9.53 Å². The molecule has 1 amide bonds. The fourth-order valence-corrected chi connectivity index (χ4v) is 3.92. The van der Waals surface area contributed by atoms with Gasteiger partial charge in [-0.2, -0.15) is 0 Å². The molecule has 0 bridgehead atoms. The van der Waals surface area contributed by atoms with Crippen LogP contribution in [0.25, 0.3) is 0 Å². The van der Waals surface area contributed by atoms with Crippen molar-refractivity contribution in [2.24, 2.45) is 0 Å². The molecule has 6 heteroatoms. The van der Waals surface area contributed by atoms with E-state index in [0.717, 1.165) is 54.4 Å². The molecule has 1 aromatic heterocycles. The van der Waals surface area contributed by atoms with Crippen molar-refractivity contribution in [3.05, 3.63) is 22.3 Å². The van der Waals surface area contributed by atoms with Crippen LogP contribution in [0.2, 0.25) is 5.02 Å². The highest BCUT2D eigenvalue weighted by Gasteiger charge is 2.25. The zero-order valence-corrected chi connectivity index (χ0v) is 16.9. The van der Waals surface area contributed by atoms with Gasteiger partial charge < -0.3 is 14.5 Å². The summed E-state index contributed by atoms with van der Waals surface area (Å²) in [5.74, 6) is 0.940. The first-order valence-electron chi connectivity index (χ1n) is 9.75. The standard InChI is InChI=1S/C20H30ClN3O2/c1-20(2,3)26-19(25)24-12-7-8-17-15(9-13-24)14-16(21)18(22-17)23-10-5-4-6-11-23/h14H,4-13H2,1-3H3. The van der Waals surface area contributed by atoms with Crippen molar-refractivity contribution in [2.45, 2.75) is 64.9 Å². The van der Waals surface area contributed by atoms with E-state index in [1.54, 1.807) is 4.90 Å². The Labute approximate surface area is 161 Å². The summed E-state index contributed by atoms with van der Waals surface area (Å²) < 4.78 is 5.52. The summed E-state index contributed by atoms with van der Waals surface area (Å²) in [6.07, 6.45) is 6.00. The number of aryl methyl sites for hydroxylation is 1. The Morgan fingerprint density at radius 1 is 1.08 bits per heavy atom. The number of halogens is 1. The number of hydrogen-bond donors (Lipinski definition) is 0. The molecule has 0 radical (unpaired) electrons. The summed E-state index contributed by atoms with van der Waals surface area (Å²) in [4.78, 5) is 21.4. The number of ether oxygens (including phenoxy) is 1. The van der Waals surface area contributed by atoms with Crippen molar-refractivity contribution in [3.63, 3.8) is 0 Å². The third-order valence-corrected chi connectivity index (χ3v) is 5.20. The molecule has 0 spiro atoms. The number of nitrogens with zero attached hydrogens (tertiary/aromatic N) is 3. The first kappa shape index (κ1) is 19.3. The van der Waals surface area contributed by atoms with Crippen LogP contribution >= 0.6 is 11.6 Å². The Morgan fingerprint density at radius 2 is 1.81 bits per heavy atom. The van der Waals surface area contributed by atoms with Crippen LogP contribution in [0.15, 0.2) is 6.07 Å². The van der Waals surface area contributed by atoms with Gasteiger partial charge in [-0.25, -0.2) is 9.78 Å². The number of fused-ring (bicyclic) bond motifs is 1. The first-order chi connectivity index (χ1) is 12.3. The first-order valence-corrected chi connectivity index (χ1v) is 10.1. The largest absolute Gasteiger partial charge is 0.444 e. The SMILES string of the molecule is CC(C)(C)OC(=O)N1CCCc2nc(N3CCCCC3)c(Cl)cc2CC1. The number of amides is 1. The molecular formula is C20H30ClN3O2. The summed E-state index contributed by atoms with van der Waals surface area (Å²) in [5, 5.41) is 0.732. The minimum Gasteiger partial charge on any atom is -0.444 e. The van der Waals surface area contributed by atoms with E-state index in [0.29, 0.717) is 13.1 Å². The average Bonchev–Trinajstić information content (AvgIpc) is 2.55. The highest BCUT2D eigenvalue weighted by atomic mass is 35.5. The molecule has 2 aliphatic heterocycles. The normalized spacial score (nSPS) is 18.8. The van der Waals surface area contributed by atoms with Gasteiger partial charge in [-0.3, -0.25) is 0 Å². The van der Waals surface area contributed by atoms with Gasteiger partial charge >= 0.3 is 6.09 Å². The number of aromatic nitrogens is 1. The second-order valence-corrected chi connectivity index (χ2v) is 8.68. The number of carbonyl (C=O) groups is 1.